The van der Waals surface area contributed by atoms with E-state index >= 15 is 0 Å². The van der Waals surface area contributed by atoms with Gasteiger partial charge in [-0.1, -0.05) is 37.5 Å². The predicted molar refractivity (Wildman–Crippen MR) is 120 cm³/mol. The first-order chi connectivity index (χ1) is 15.4. The van der Waals surface area contributed by atoms with Crippen molar-refractivity contribution in [1.29, 1.82) is 0 Å². The van der Waals surface area contributed by atoms with Crippen LogP contribution in [0.5, 0.6) is 0 Å². The van der Waals surface area contributed by atoms with E-state index in [2.05, 4.69) is 5.10 Å². The molecule has 1 aliphatic rings. The van der Waals surface area contributed by atoms with E-state index in [0.717, 1.165) is 18.4 Å². The van der Waals surface area contributed by atoms with Crippen LogP contribution in [0, 0.1) is 24.0 Å². The Morgan fingerprint density at radius 2 is 1.84 bits per heavy atom. The fraction of sp³-hybridized carbons (Fsp3) is 0.375. The molecule has 0 spiro atoms. The number of hydrogen-bond acceptors (Lipinski definition) is 5. The van der Waals surface area contributed by atoms with Gasteiger partial charge in [0.15, 0.2) is 0 Å². The smallest absolute Gasteiger partial charge is 0.268 e. The molecular formula is C24H27N5O3. The fourth-order valence-corrected chi connectivity index (χ4v) is 4.28. The van der Waals surface area contributed by atoms with Crippen molar-refractivity contribution in [2.75, 3.05) is 0 Å². The summed E-state index contributed by atoms with van der Waals surface area (Å²) in [5.74, 6) is -0.131. The summed E-state index contributed by atoms with van der Waals surface area (Å²) >= 11 is 0. The van der Waals surface area contributed by atoms with E-state index in [9.17, 15) is 14.9 Å². The van der Waals surface area contributed by atoms with Crippen molar-refractivity contribution in [2.24, 2.45) is 4.99 Å². The molecule has 0 radical (unpaired) electrons. The summed E-state index contributed by atoms with van der Waals surface area (Å²) in [7, 11) is 0. The molecule has 0 unspecified atom stereocenters. The quantitative estimate of drug-likeness (QED) is 0.445. The number of carbonyl (C=O) groups excluding carboxylic acids is 1. The molecule has 0 atom stereocenters. The largest absolute Gasteiger partial charge is 0.312 e. The maximum Gasteiger partial charge on any atom is 0.312 e. The molecule has 0 amide bonds. The number of nitro groups is 1. The Kier molecular flexibility index (Phi) is 6.30. The molecule has 8 heteroatoms. The molecule has 0 N–H and O–H groups in total. The minimum absolute atomic E-state index is 0.0477. The number of hydrogen-bond donors (Lipinski definition) is 0. The van der Waals surface area contributed by atoms with Gasteiger partial charge in [-0.2, -0.15) is 5.10 Å². The van der Waals surface area contributed by atoms with Crippen LogP contribution >= 0.6 is 0 Å². The van der Waals surface area contributed by atoms with Crippen LogP contribution in [0.4, 0.5) is 5.69 Å². The summed E-state index contributed by atoms with van der Waals surface area (Å²) in [6.45, 7) is 3.73. The Morgan fingerprint density at radius 3 is 2.50 bits per heavy atom. The SMILES string of the molecule is Cc1nn(Cc2ccc(C(=O)n3ccccc3=NC3CCCCC3)cc2)c(C)c1[N+](=O)[O-]. The minimum atomic E-state index is -0.400. The lowest BCUT2D eigenvalue weighted by atomic mass is 9.96. The van der Waals surface area contributed by atoms with E-state index in [0.29, 0.717) is 29.0 Å². The van der Waals surface area contributed by atoms with Crippen LogP contribution < -0.4 is 5.49 Å². The van der Waals surface area contributed by atoms with E-state index in [1.54, 1.807) is 41.4 Å². The number of rotatable bonds is 5. The first-order valence-electron chi connectivity index (χ1n) is 11.0. The van der Waals surface area contributed by atoms with Crippen molar-refractivity contribution in [3.63, 3.8) is 0 Å². The van der Waals surface area contributed by atoms with Crippen LogP contribution in [0.3, 0.4) is 0 Å². The van der Waals surface area contributed by atoms with Gasteiger partial charge >= 0.3 is 5.69 Å². The summed E-state index contributed by atoms with van der Waals surface area (Å²) in [5.41, 5.74) is 3.11. The second kappa shape index (κ2) is 9.30. The Bertz CT molecular complexity index is 1200. The summed E-state index contributed by atoms with van der Waals surface area (Å²) in [6.07, 6.45) is 7.54. The van der Waals surface area contributed by atoms with Gasteiger partial charge in [0.05, 0.1) is 17.5 Å². The van der Waals surface area contributed by atoms with Crippen LogP contribution in [0.1, 0.15) is 59.4 Å². The average Bonchev–Trinajstić information content (AvgIpc) is 3.07. The number of pyridine rings is 1. The highest BCUT2D eigenvalue weighted by atomic mass is 16.6. The Hall–Kier alpha value is -3.55. The monoisotopic (exact) mass is 433 g/mol. The molecule has 1 saturated carbocycles. The Balaban J connectivity index is 1.55. The molecule has 4 rings (SSSR count). The molecule has 166 valence electrons. The van der Waals surface area contributed by atoms with Gasteiger partial charge in [-0.3, -0.25) is 29.2 Å². The standard InChI is InChI=1S/C24H27N5O3/c1-17-23(29(31)32)18(2)28(26-17)16-19-11-13-20(14-12-19)24(30)27-15-7-6-10-22(27)25-21-8-4-3-5-9-21/h6-7,10-15,21H,3-5,8-9,16H2,1-2H3. The summed E-state index contributed by atoms with van der Waals surface area (Å²) in [5, 5.41) is 15.5. The van der Waals surface area contributed by atoms with Gasteiger partial charge in [0.25, 0.3) is 5.91 Å². The van der Waals surface area contributed by atoms with Crippen LogP contribution in [-0.4, -0.2) is 31.2 Å². The third-order valence-corrected chi connectivity index (χ3v) is 6.01. The highest BCUT2D eigenvalue weighted by Crippen LogP contribution is 2.23. The molecule has 0 saturated heterocycles. The number of aromatic nitrogens is 3. The summed E-state index contributed by atoms with van der Waals surface area (Å²) in [6, 6.07) is 13.2. The molecule has 1 aliphatic carbocycles. The molecule has 2 aromatic heterocycles. The van der Waals surface area contributed by atoms with Gasteiger partial charge in [-0.25, -0.2) is 0 Å². The summed E-state index contributed by atoms with van der Waals surface area (Å²) in [4.78, 5) is 28.8. The molecule has 1 aromatic carbocycles. The van der Waals surface area contributed by atoms with E-state index < -0.39 is 4.92 Å². The first-order valence-corrected chi connectivity index (χ1v) is 11.0. The van der Waals surface area contributed by atoms with Crippen LogP contribution in [-0.2, 0) is 6.54 Å². The van der Waals surface area contributed by atoms with Crippen LogP contribution in [0.2, 0.25) is 0 Å². The molecule has 3 aromatic rings. The predicted octanol–water partition coefficient (Wildman–Crippen LogP) is 4.18. The van der Waals surface area contributed by atoms with E-state index in [1.165, 1.54) is 19.3 Å². The maximum absolute atomic E-state index is 13.2. The third-order valence-electron chi connectivity index (χ3n) is 6.01. The second-order valence-electron chi connectivity index (χ2n) is 8.29. The molecule has 32 heavy (non-hydrogen) atoms. The van der Waals surface area contributed by atoms with Gasteiger partial charge < -0.3 is 0 Å². The van der Waals surface area contributed by atoms with Gasteiger partial charge in [0, 0.05) is 11.8 Å². The molecule has 1 fully saturated rings. The zero-order chi connectivity index (χ0) is 22.7. The number of nitrogens with zero attached hydrogens (tertiary/aromatic N) is 5. The normalized spacial score (nSPS) is 15.1. The van der Waals surface area contributed by atoms with Gasteiger partial charge in [-0.05, 0) is 56.5 Å². The third kappa shape index (κ3) is 4.54. The number of benzene rings is 1. The van der Waals surface area contributed by atoms with Gasteiger partial charge in [0.1, 0.15) is 16.9 Å². The van der Waals surface area contributed by atoms with Crippen molar-refractivity contribution >= 4 is 11.6 Å². The molecule has 0 aliphatic heterocycles. The van der Waals surface area contributed by atoms with Crippen molar-refractivity contribution in [1.82, 2.24) is 14.3 Å². The lowest BCUT2D eigenvalue weighted by Gasteiger charge is -2.17. The van der Waals surface area contributed by atoms with Crippen LogP contribution in [0.15, 0.2) is 53.7 Å². The van der Waals surface area contributed by atoms with Crippen LogP contribution in [0.25, 0.3) is 0 Å². The van der Waals surface area contributed by atoms with Crippen molar-refractivity contribution in [3.05, 3.63) is 86.8 Å². The topological polar surface area (TPSA) is 95.3 Å². The molecule has 8 nitrogen and oxygen atoms in total. The zero-order valence-corrected chi connectivity index (χ0v) is 18.4. The second-order valence-corrected chi connectivity index (χ2v) is 8.29. The van der Waals surface area contributed by atoms with Crippen molar-refractivity contribution < 1.29 is 9.72 Å². The van der Waals surface area contributed by atoms with Gasteiger partial charge in [0.2, 0.25) is 0 Å². The highest BCUT2D eigenvalue weighted by Gasteiger charge is 2.21. The zero-order valence-electron chi connectivity index (χ0n) is 18.4. The molecular weight excluding hydrogens is 406 g/mol. The Labute approximate surface area is 186 Å². The van der Waals surface area contributed by atoms with E-state index in [-0.39, 0.29) is 17.6 Å². The fourth-order valence-electron chi connectivity index (χ4n) is 4.28. The summed E-state index contributed by atoms with van der Waals surface area (Å²) < 4.78 is 3.23. The number of carbonyl (C=O) groups is 1. The van der Waals surface area contributed by atoms with E-state index in [4.69, 9.17) is 4.99 Å². The van der Waals surface area contributed by atoms with Crippen molar-refractivity contribution in [2.45, 2.75) is 58.5 Å². The molecule has 2 heterocycles. The first kappa shape index (κ1) is 21.7. The average molecular weight is 434 g/mol. The van der Waals surface area contributed by atoms with Crippen molar-refractivity contribution in [3.8, 4) is 0 Å². The lowest BCUT2D eigenvalue weighted by Crippen LogP contribution is -2.29. The highest BCUT2D eigenvalue weighted by molar-refractivity contribution is 5.95. The van der Waals surface area contributed by atoms with E-state index in [1.807, 2.05) is 30.3 Å². The Morgan fingerprint density at radius 1 is 1.12 bits per heavy atom. The minimum Gasteiger partial charge on any atom is -0.268 e. The maximum atomic E-state index is 13.2. The lowest BCUT2D eigenvalue weighted by molar-refractivity contribution is -0.386. The molecule has 0 bridgehead atoms. The number of aryl methyl sites for hydroxylation is 1. The van der Waals surface area contributed by atoms with Gasteiger partial charge in [-0.15, -0.1) is 0 Å².